The van der Waals surface area contributed by atoms with Gasteiger partial charge in [0, 0.05) is 17.3 Å². The highest BCUT2D eigenvalue weighted by Crippen LogP contribution is 2.35. The van der Waals surface area contributed by atoms with E-state index in [9.17, 15) is 14.6 Å². The molecule has 0 radical (unpaired) electrons. The van der Waals surface area contributed by atoms with E-state index in [2.05, 4.69) is 20.3 Å². The lowest BCUT2D eigenvalue weighted by Gasteiger charge is -2.17. The SMILES string of the molecule is O[C@@H]1[C@H](O)[C@H](n2cnc3c(N[C@@H]4CCOC4)ncnc32)O[C@@H]1CSc1ccc(F)cc1. The summed E-state index contributed by atoms with van der Waals surface area (Å²) >= 11 is 1.42. The topological polar surface area (TPSA) is 115 Å². The van der Waals surface area contributed by atoms with Crippen LogP contribution >= 0.6 is 11.8 Å². The van der Waals surface area contributed by atoms with Crippen LogP contribution in [0.15, 0.2) is 41.8 Å². The maximum atomic E-state index is 13.1. The number of anilines is 1. The third-order valence-electron chi connectivity index (χ3n) is 5.47. The quantitative estimate of drug-likeness (QED) is 0.485. The van der Waals surface area contributed by atoms with Gasteiger partial charge in [0.2, 0.25) is 0 Å². The van der Waals surface area contributed by atoms with Crippen LogP contribution in [0.3, 0.4) is 0 Å². The number of halogens is 1. The molecule has 2 aliphatic heterocycles. The number of nitrogens with zero attached hydrogens (tertiary/aromatic N) is 4. The summed E-state index contributed by atoms with van der Waals surface area (Å²) in [5, 5.41) is 24.5. The van der Waals surface area contributed by atoms with E-state index in [1.54, 1.807) is 16.7 Å². The molecule has 2 aromatic heterocycles. The fourth-order valence-corrected chi connectivity index (χ4v) is 4.75. The molecule has 1 aromatic carbocycles. The van der Waals surface area contributed by atoms with Gasteiger partial charge in [0.05, 0.1) is 25.1 Å². The Morgan fingerprint density at radius 3 is 2.77 bits per heavy atom. The highest BCUT2D eigenvalue weighted by molar-refractivity contribution is 7.99. The highest BCUT2D eigenvalue weighted by atomic mass is 32.2. The molecule has 0 amide bonds. The number of imidazole rings is 1. The molecule has 2 saturated heterocycles. The number of aliphatic hydroxyl groups excluding tert-OH is 2. The van der Waals surface area contributed by atoms with Crippen LogP contribution in [0.2, 0.25) is 0 Å². The zero-order valence-electron chi connectivity index (χ0n) is 16.5. The van der Waals surface area contributed by atoms with Crippen LogP contribution in [0.1, 0.15) is 12.6 Å². The lowest BCUT2D eigenvalue weighted by molar-refractivity contribution is -0.0289. The molecule has 9 nitrogen and oxygen atoms in total. The minimum atomic E-state index is -1.15. The van der Waals surface area contributed by atoms with E-state index in [0.717, 1.165) is 11.3 Å². The average Bonchev–Trinajstić information content (AvgIpc) is 3.50. The molecule has 0 saturated carbocycles. The van der Waals surface area contributed by atoms with Gasteiger partial charge in [0.15, 0.2) is 23.2 Å². The van der Waals surface area contributed by atoms with Gasteiger partial charge >= 0.3 is 0 Å². The third-order valence-corrected chi connectivity index (χ3v) is 6.57. The molecule has 2 aliphatic rings. The van der Waals surface area contributed by atoms with Crippen molar-refractivity contribution in [2.24, 2.45) is 0 Å². The number of aliphatic hydroxyl groups is 2. The summed E-state index contributed by atoms with van der Waals surface area (Å²) in [6.45, 7) is 1.31. The van der Waals surface area contributed by atoms with Crippen LogP contribution in [-0.4, -0.2) is 73.1 Å². The molecule has 2 fully saturated rings. The van der Waals surface area contributed by atoms with Crippen molar-refractivity contribution < 1.29 is 24.1 Å². The average molecular weight is 447 g/mol. The maximum absolute atomic E-state index is 13.1. The van der Waals surface area contributed by atoms with Crippen LogP contribution in [0.4, 0.5) is 10.2 Å². The number of rotatable bonds is 6. The number of thioether (sulfide) groups is 1. The standard InChI is InChI=1S/C20H22FN5O4S/c21-11-1-3-13(4-2-11)31-8-14-16(27)17(28)20(30-14)26-10-24-15-18(22-9-23-19(15)26)25-12-5-6-29-7-12/h1-4,9-10,12,14,16-17,20,27-28H,5-8H2,(H,22,23,25)/t12-,14-,16+,17+,20-/m1/s1. The first-order chi connectivity index (χ1) is 15.1. The van der Waals surface area contributed by atoms with Gasteiger partial charge in [-0.3, -0.25) is 4.57 Å². The zero-order valence-corrected chi connectivity index (χ0v) is 17.3. The third kappa shape index (κ3) is 4.11. The molecule has 3 N–H and O–H groups in total. The molecule has 11 heteroatoms. The number of hydrogen-bond acceptors (Lipinski definition) is 9. The first kappa shape index (κ1) is 20.6. The minimum Gasteiger partial charge on any atom is -0.387 e. The van der Waals surface area contributed by atoms with Gasteiger partial charge in [-0.15, -0.1) is 11.8 Å². The molecule has 0 bridgehead atoms. The number of hydrogen-bond donors (Lipinski definition) is 3. The Balaban J connectivity index is 1.33. The van der Waals surface area contributed by atoms with Crippen LogP contribution < -0.4 is 5.32 Å². The molecule has 3 aromatic rings. The maximum Gasteiger partial charge on any atom is 0.167 e. The molecule has 4 heterocycles. The molecular formula is C20H22FN5O4S. The molecule has 164 valence electrons. The predicted molar refractivity (Wildman–Crippen MR) is 111 cm³/mol. The molecule has 0 aliphatic carbocycles. The van der Waals surface area contributed by atoms with Gasteiger partial charge < -0.3 is 25.0 Å². The number of ether oxygens (including phenoxy) is 2. The Bertz CT molecular complexity index is 1050. The molecule has 31 heavy (non-hydrogen) atoms. The Morgan fingerprint density at radius 1 is 1.16 bits per heavy atom. The Morgan fingerprint density at radius 2 is 2.00 bits per heavy atom. The number of nitrogens with one attached hydrogen (secondary N) is 1. The van der Waals surface area contributed by atoms with Crippen molar-refractivity contribution >= 4 is 28.7 Å². The van der Waals surface area contributed by atoms with Crippen LogP contribution in [0.5, 0.6) is 0 Å². The van der Waals surface area contributed by atoms with Crippen molar-refractivity contribution in [2.75, 3.05) is 24.3 Å². The van der Waals surface area contributed by atoms with E-state index in [1.807, 2.05) is 0 Å². The van der Waals surface area contributed by atoms with Crippen molar-refractivity contribution in [3.05, 3.63) is 42.7 Å². The largest absolute Gasteiger partial charge is 0.387 e. The van der Waals surface area contributed by atoms with Crippen molar-refractivity contribution in [2.45, 2.75) is 41.9 Å². The van der Waals surface area contributed by atoms with Crippen LogP contribution in [0.25, 0.3) is 11.2 Å². The van der Waals surface area contributed by atoms with Gasteiger partial charge in [-0.05, 0) is 30.7 Å². The summed E-state index contributed by atoms with van der Waals surface area (Å²) in [5.74, 6) is 0.687. The number of aromatic nitrogens is 4. The summed E-state index contributed by atoms with van der Waals surface area (Å²) in [5.41, 5.74) is 1.06. The Kier molecular flexibility index (Phi) is 5.76. The zero-order chi connectivity index (χ0) is 21.4. The summed E-state index contributed by atoms with van der Waals surface area (Å²) in [4.78, 5) is 13.9. The summed E-state index contributed by atoms with van der Waals surface area (Å²) in [7, 11) is 0. The van der Waals surface area contributed by atoms with Crippen LogP contribution in [0, 0.1) is 5.82 Å². The second-order valence-corrected chi connectivity index (χ2v) is 8.66. The summed E-state index contributed by atoms with van der Waals surface area (Å²) in [6.07, 6.45) is 0.176. The second-order valence-electron chi connectivity index (χ2n) is 7.56. The van der Waals surface area contributed by atoms with Gasteiger partial charge in [-0.25, -0.2) is 19.3 Å². The van der Waals surface area contributed by atoms with Gasteiger partial charge in [0.25, 0.3) is 0 Å². The molecule has 5 rings (SSSR count). The predicted octanol–water partition coefficient (Wildman–Crippen LogP) is 1.58. The molecule has 0 unspecified atom stereocenters. The van der Waals surface area contributed by atoms with E-state index in [1.165, 1.54) is 36.5 Å². The van der Waals surface area contributed by atoms with Gasteiger partial charge in [-0.2, -0.15) is 0 Å². The lowest BCUT2D eigenvalue weighted by Crippen LogP contribution is -2.32. The van der Waals surface area contributed by atoms with E-state index in [-0.39, 0.29) is 11.9 Å². The van der Waals surface area contributed by atoms with E-state index >= 15 is 0 Å². The summed E-state index contributed by atoms with van der Waals surface area (Å²) < 4.78 is 26.1. The van der Waals surface area contributed by atoms with Crippen molar-refractivity contribution in [3.8, 4) is 0 Å². The highest BCUT2D eigenvalue weighted by Gasteiger charge is 2.44. The number of benzene rings is 1. The fraction of sp³-hybridized carbons (Fsp3) is 0.450. The monoisotopic (exact) mass is 447 g/mol. The number of fused-ring (bicyclic) bond motifs is 1. The molecule has 5 atom stereocenters. The lowest BCUT2D eigenvalue weighted by atomic mass is 10.1. The normalized spacial score (nSPS) is 28.4. The first-order valence-electron chi connectivity index (χ1n) is 10.0. The van der Waals surface area contributed by atoms with Crippen molar-refractivity contribution in [3.63, 3.8) is 0 Å². The van der Waals surface area contributed by atoms with Crippen molar-refractivity contribution in [1.29, 1.82) is 0 Å². The minimum absolute atomic E-state index is 0.159. The Hall–Kier alpha value is -2.31. The molecule has 0 spiro atoms. The first-order valence-corrected chi connectivity index (χ1v) is 11.0. The van der Waals surface area contributed by atoms with E-state index < -0.39 is 24.5 Å². The molecular weight excluding hydrogens is 425 g/mol. The smallest absolute Gasteiger partial charge is 0.167 e. The van der Waals surface area contributed by atoms with Crippen LogP contribution in [-0.2, 0) is 9.47 Å². The Labute approximate surface area is 181 Å². The van der Waals surface area contributed by atoms with Crippen molar-refractivity contribution in [1.82, 2.24) is 19.5 Å². The van der Waals surface area contributed by atoms with Gasteiger partial charge in [0.1, 0.15) is 24.4 Å². The van der Waals surface area contributed by atoms with E-state index in [4.69, 9.17) is 9.47 Å². The second kappa shape index (κ2) is 8.67. The fourth-order valence-electron chi connectivity index (χ4n) is 3.79. The summed E-state index contributed by atoms with van der Waals surface area (Å²) in [6, 6.07) is 6.25. The van der Waals surface area contributed by atoms with Gasteiger partial charge in [-0.1, -0.05) is 0 Å². The van der Waals surface area contributed by atoms with E-state index in [0.29, 0.717) is 35.9 Å².